The minimum atomic E-state index is -1.05. The van der Waals surface area contributed by atoms with Crippen molar-refractivity contribution in [3.05, 3.63) is 59.9 Å². The molecule has 13 heteroatoms. The van der Waals surface area contributed by atoms with Gasteiger partial charge in [-0.15, -0.1) is 0 Å². The minimum Gasteiger partial charge on any atom is -0.478 e. The zero-order valence-corrected chi connectivity index (χ0v) is 30.2. The topological polar surface area (TPSA) is 167 Å². The van der Waals surface area contributed by atoms with Crippen molar-refractivity contribution in [2.75, 3.05) is 26.7 Å². The van der Waals surface area contributed by atoms with Crippen molar-refractivity contribution in [2.24, 2.45) is 5.92 Å². The number of hydrogen-bond donors (Lipinski definition) is 3. The average Bonchev–Trinajstić information content (AvgIpc) is 3.51. The number of para-hydroxylation sites is 1. The van der Waals surface area contributed by atoms with Crippen LogP contribution in [0.5, 0.6) is 5.75 Å². The summed E-state index contributed by atoms with van der Waals surface area (Å²) in [7, 11) is 1.54. The second-order valence-corrected chi connectivity index (χ2v) is 13.9. The number of nitrogens with one attached hydrogen (secondary N) is 2. The molecule has 0 saturated carbocycles. The normalized spacial score (nSPS) is 25.5. The first-order valence-corrected chi connectivity index (χ1v) is 18.1. The van der Waals surface area contributed by atoms with Crippen molar-refractivity contribution in [2.45, 2.75) is 109 Å². The van der Waals surface area contributed by atoms with Gasteiger partial charge in [0.2, 0.25) is 17.7 Å². The predicted octanol–water partition coefficient (Wildman–Crippen LogP) is 3.04. The van der Waals surface area contributed by atoms with Crippen LogP contribution < -0.4 is 15.4 Å². The second kappa shape index (κ2) is 19.2. The molecule has 5 atom stereocenters. The lowest BCUT2D eigenvalue weighted by atomic mass is 10.0. The van der Waals surface area contributed by atoms with Crippen molar-refractivity contribution < 1.29 is 38.6 Å². The molecule has 0 aliphatic carbocycles. The predicted molar refractivity (Wildman–Crippen MR) is 190 cm³/mol. The molecule has 13 nitrogen and oxygen atoms in total. The van der Waals surface area contributed by atoms with Crippen LogP contribution in [0.15, 0.2) is 48.8 Å². The van der Waals surface area contributed by atoms with Crippen LogP contribution in [0, 0.1) is 5.92 Å². The highest BCUT2D eigenvalue weighted by molar-refractivity contribution is 6.00. The highest BCUT2D eigenvalue weighted by Crippen LogP contribution is 2.25. The van der Waals surface area contributed by atoms with Gasteiger partial charge in [0.15, 0.2) is 6.10 Å². The molecule has 4 amide bonds. The van der Waals surface area contributed by atoms with Crippen LogP contribution in [0.1, 0.15) is 88.1 Å². The first-order valence-electron chi connectivity index (χ1n) is 18.1. The standard InChI is InChI=1S/C38H53N5O8/c1-25(2)20-30-36(47)43-24-28(44)22-32(43)37(48)42(4)31(21-27-14-13-17-39-23-27)35(46)40-18-11-7-5-6-8-12-19-50-38(49)26(3)51-33-16-10-9-15-29(33)34(45)41-30/h9-10,13-17,23,25-26,28,30-32,44H,5-8,11-12,18-22,24H2,1-4H3,(H,40,46)(H,41,45)/t26-,28+,30-,31+,32-/m1/s1. The molecule has 278 valence electrons. The van der Waals surface area contributed by atoms with Gasteiger partial charge in [0.1, 0.15) is 23.9 Å². The highest BCUT2D eigenvalue weighted by Gasteiger charge is 2.44. The van der Waals surface area contributed by atoms with E-state index in [1.54, 1.807) is 56.7 Å². The fourth-order valence-corrected chi connectivity index (χ4v) is 6.51. The van der Waals surface area contributed by atoms with E-state index in [0.29, 0.717) is 13.0 Å². The summed E-state index contributed by atoms with van der Waals surface area (Å²) in [6.45, 7) is 5.96. The number of aliphatic hydroxyl groups excluding tert-OH is 1. The first-order chi connectivity index (χ1) is 24.5. The summed E-state index contributed by atoms with van der Waals surface area (Å²) in [6.07, 6.45) is 6.92. The maximum absolute atomic E-state index is 14.2. The number of cyclic esters (lactones) is 1. The quantitative estimate of drug-likeness (QED) is 0.405. The Bertz CT molecular complexity index is 1490. The van der Waals surface area contributed by atoms with Crippen molar-refractivity contribution in [1.82, 2.24) is 25.4 Å². The number of carbonyl (C=O) groups is 5. The van der Waals surface area contributed by atoms with Crippen LogP contribution in [-0.2, 0) is 30.3 Å². The Labute approximate surface area is 300 Å². The van der Waals surface area contributed by atoms with E-state index in [1.807, 2.05) is 19.9 Å². The highest BCUT2D eigenvalue weighted by atomic mass is 16.6. The number of rotatable bonds is 4. The molecule has 3 heterocycles. The van der Waals surface area contributed by atoms with Gasteiger partial charge < -0.3 is 35.0 Å². The molecular formula is C38H53N5O8. The van der Waals surface area contributed by atoms with Gasteiger partial charge in [-0.1, -0.05) is 57.7 Å². The third-order valence-electron chi connectivity index (χ3n) is 9.31. The lowest BCUT2D eigenvalue weighted by molar-refractivity contribution is -0.151. The first kappa shape index (κ1) is 39.3. The number of esters is 1. The fraction of sp³-hybridized carbons (Fsp3) is 0.579. The Morgan fingerprint density at radius 1 is 0.961 bits per heavy atom. The SMILES string of the molecule is CC(C)C[C@H]1NC(=O)c2ccccc2O[C@H](C)C(=O)OCCCCCCCCNC(=O)[C@H](Cc2cccnc2)N(C)C(=O)[C@H]2C[C@H](O)CN2C1=O. The number of amides is 4. The molecular weight excluding hydrogens is 654 g/mol. The van der Waals surface area contributed by atoms with Crippen LogP contribution in [-0.4, -0.2) is 107 Å². The van der Waals surface area contributed by atoms with Gasteiger partial charge in [-0.05, 0) is 55.9 Å². The van der Waals surface area contributed by atoms with E-state index in [2.05, 4.69) is 15.6 Å². The number of carbonyl (C=O) groups excluding carboxylic acids is 5. The van der Waals surface area contributed by atoms with Crippen molar-refractivity contribution in [3.63, 3.8) is 0 Å². The molecule has 0 spiro atoms. The summed E-state index contributed by atoms with van der Waals surface area (Å²) in [6, 6.07) is 7.07. The number of likely N-dealkylation sites (N-methyl/N-ethyl adjacent to an activating group) is 1. The number of hydrogen-bond acceptors (Lipinski definition) is 9. The zero-order chi connectivity index (χ0) is 36.9. The summed E-state index contributed by atoms with van der Waals surface area (Å²) in [4.78, 5) is 75.4. The molecule has 0 radical (unpaired) electrons. The van der Waals surface area contributed by atoms with Crippen LogP contribution in [0.4, 0.5) is 0 Å². The van der Waals surface area contributed by atoms with Crippen LogP contribution >= 0.6 is 0 Å². The number of aliphatic hydroxyl groups is 1. The molecule has 0 bridgehead atoms. The molecule has 1 aromatic carbocycles. The number of fused-ring (bicyclic) bond motifs is 2. The second-order valence-electron chi connectivity index (χ2n) is 13.9. The van der Waals surface area contributed by atoms with Crippen molar-refractivity contribution in [1.29, 1.82) is 0 Å². The van der Waals surface area contributed by atoms with Gasteiger partial charge in [-0.2, -0.15) is 0 Å². The number of ether oxygens (including phenoxy) is 2. The molecule has 4 rings (SSSR count). The van der Waals surface area contributed by atoms with E-state index in [0.717, 1.165) is 37.7 Å². The average molecular weight is 708 g/mol. The molecule has 2 aliphatic rings. The molecule has 1 aromatic heterocycles. The molecule has 2 aliphatic heterocycles. The molecule has 2 aromatic rings. The monoisotopic (exact) mass is 707 g/mol. The summed E-state index contributed by atoms with van der Waals surface area (Å²) >= 11 is 0. The Morgan fingerprint density at radius 2 is 1.69 bits per heavy atom. The van der Waals surface area contributed by atoms with Gasteiger partial charge >= 0.3 is 5.97 Å². The van der Waals surface area contributed by atoms with E-state index in [4.69, 9.17) is 9.47 Å². The van der Waals surface area contributed by atoms with Crippen LogP contribution in [0.3, 0.4) is 0 Å². The smallest absolute Gasteiger partial charge is 0.347 e. The third kappa shape index (κ3) is 11.2. The summed E-state index contributed by atoms with van der Waals surface area (Å²) in [5.41, 5.74) is 0.895. The minimum absolute atomic E-state index is 0.0108. The molecule has 1 fully saturated rings. The van der Waals surface area contributed by atoms with Crippen molar-refractivity contribution >= 4 is 29.6 Å². The van der Waals surface area contributed by atoms with E-state index >= 15 is 0 Å². The zero-order valence-electron chi connectivity index (χ0n) is 30.2. The van der Waals surface area contributed by atoms with Gasteiger partial charge in [0.25, 0.3) is 5.91 Å². The lowest BCUT2D eigenvalue weighted by Gasteiger charge is -2.34. The number of pyridine rings is 1. The Balaban J connectivity index is 1.63. The van der Waals surface area contributed by atoms with Gasteiger partial charge in [0.05, 0.1) is 18.3 Å². The summed E-state index contributed by atoms with van der Waals surface area (Å²) in [5, 5.41) is 16.6. The fourth-order valence-electron chi connectivity index (χ4n) is 6.51. The lowest BCUT2D eigenvalue weighted by Crippen LogP contribution is -2.57. The van der Waals surface area contributed by atoms with Gasteiger partial charge in [-0.3, -0.25) is 24.2 Å². The Hall–Kier alpha value is -4.52. The van der Waals surface area contributed by atoms with Crippen LogP contribution in [0.25, 0.3) is 0 Å². The van der Waals surface area contributed by atoms with E-state index < -0.39 is 54.0 Å². The molecule has 3 N–H and O–H groups in total. The maximum Gasteiger partial charge on any atom is 0.347 e. The van der Waals surface area contributed by atoms with E-state index in [-0.39, 0.29) is 55.6 Å². The third-order valence-corrected chi connectivity index (χ3v) is 9.31. The number of aromatic nitrogens is 1. The van der Waals surface area contributed by atoms with Crippen molar-refractivity contribution in [3.8, 4) is 5.75 Å². The number of nitrogens with zero attached hydrogens (tertiary/aromatic N) is 3. The van der Waals surface area contributed by atoms with Gasteiger partial charge in [0, 0.05) is 45.4 Å². The number of benzene rings is 1. The van der Waals surface area contributed by atoms with Gasteiger partial charge in [-0.25, -0.2) is 4.79 Å². The molecule has 51 heavy (non-hydrogen) atoms. The molecule has 1 saturated heterocycles. The summed E-state index contributed by atoms with van der Waals surface area (Å²) < 4.78 is 11.3. The van der Waals surface area contributed by atoms with E-state index in [1.165, 1.54) is 9.80 Å². The summed E-state index contributed by atoms with van der Waals surface area (Å²) in [5.74, 6) is -2.33. The Kier molecular flexibility index (Phi) is 14.8. The van der Waals surface area contributed by atoms with Crippen LogP contribution in [0.2, 0.25) is 0 Å². The molecule has 0 unspecified atom stereocenters. The Morgan fingerprint density at radius 3 is 2.41 bits per heavy atom. The largest absolute Gasteiger partial charge is 0.478 e. The van der Waals surface area contributed by atoms with E-state index in [9.17, 15) is 29.1 Å². The maximum atomic E-state index is 14.2.